The highest BCUT2D eigenvalue weighted by Crippen LogP contribution is 2.13. The lowest BCUT2D eigenvalue weighted by Crippen LogP contribution is -2.38. The van der Waals surface area contributed by atoms with Crippen LogP contribution in [0.3, 0.4) is 0 Å². The van der Waals surface area contributed by atoms with E-state index in [4.69, 9.17) is 4.74 Å². The Kier molecular flexibility index (Phi) is 9.45. The highest BCUT2D eigenvalue weighted by atomic mass is 19.1. The lowest BCUT2D eigenvalue weighted by Gasteiger charge is -2.13. The van der Waals surface area contributed by atoms with E-state index in [2.05, 4.69) is 15.6 Å². The van der Waals surface area contributed by atoms with Crippen molar-refractivity contribution in [3.8, 4) is 0 Å². The quantitative estimate of drug-likeness (QED) is 0.374. The molecule has 0 aliphatic carbocycles. The van der Waals surface area contributed by atoms with Crippen LogP contribution in [-0.2, 0) is 24.4 Å². The molecule has 6 heteroatoms. The number of aliphatic imine (C=N–C) groups is 1. The van der Waals surface area contributed by atoms with E-state index < -0.39 is 0 Å². The number of benzene rings is 2. The SMILES string of the molecule is CCNC(=NCc1ccc(F)c(CN(C)C)c1)NCCOCc1ccccc1. The number of guanidine groups is 1. The number of nitrogens with zero attached hydrogens (tertiary/aromatic N) is 2. The van der Waals surface area contributed by atoms with Gasteiger partial charge in [-0.15, -0.1) is 0 Å². The lowest BCUT2D eigenvalue weighted by atomic mass is 10.1. The Labute approximate surface area is 167 Å². The molecule has 0 radical (unpaired) electrons. The Hall–Kier alpha value is -2.44. The predicted molar refractivity (Wildman–Crippen MR) is 113 cm³/mol. The van der Waals surface area contributed by atoms with Crippen molar-refractivity contribution in [2.45, 2.75) is 26.6 Å². The van der Waals surface area contributed by atoms with Gasteiger partial charge in [-0.05, 0) is 44.3 Å². The smallest absolute Gasteiger partial charge is 0.191 e. The molecule has 0 atom stereocenters. The third-order valence-corrected chi connectivity index (χ3v) is 4.01. The molecular weight excluding hydrogens is 355 g/mol. The van der Waals surface area contributed by atoms with Gasteiger partial charge < -0.3 is 20.3 Å². The van der Waals surface area contributed by atoms with E-state index >= 15 is 0 Å². The summed E-state index contributed by atoms with van der Waals surface area (Å²) in [7, 11) is 3.86. The fraction of sp³-hybridized carbons (Fsp3) is 0.409. The van der Waals surface area contributed by atoms with E-state index in [-0.39, 0.29) is 5.82 Å². The summed E-state index contributed by atoms with van der Waals surface area (Å²) < 4.78 is 19.6. The summed E-state index contributed by atoms with van der Waals surface area (Å²) in [6.07, 6.45) is 0. The first-order chi connectivity index (χ1) is 13.6. The Morgan fingerprint density at radius 1 is 1.07 bits per heavy atom. The van der Waals surface area contributed by atoms with E-state index in [0.717, 1.165) is 23.6 Å². The number of hydrogen-bond donors (Lipinski definition) is 2. The van der Waals surface area contributed by atoms with Crippen LogP contribution < -0.4 is 10.6 Å². The molecule has 2 rings (SSSR count). The van der Waals surface area contributed by atoms with Crippen LogP contribution in [0.1, 0.15) is 23.6 Å². The standard InChI is InChI=1S/C22H31FN4O/c1-4-24-22(25-12-13-28-17-18-8-6-5-7-9-18)26-15-19-10-11-21(23)20(14-19)16-27(2)3/h5-11,14H,4,12-13,15-17H2,1-3H3,(H2,24,25,26). The molecule has 2 N–H and O–H groups in total. The van der Waals surface area contributed by atoms with Crippen molar-refractivity contribution < 1.29 is 9.13 Å². The maximum Gasteiger partial charge on any atom is 0.191 e. The Morgan fingerprint density at radius 2 is 1.86 bits per heavy atom. The van der Waals surface area contributed by atoms with Gasteiger partial charge in [-0.1, -0.05) is 36.4 Å². The van der Waals surface area contributed by atoms with Gasteiger partial charge in [-0.25, -0.2) is 9.38 Å². The summed E-state index contributed by atoms with van der Waals surface area (Å²) in [6.45, 7) is 5.70. The molecule has 5 nitrogen and oxygen atoms in total. The van der Waals surface area contributed by atoms with Gasteiger partial charge in [0, 0.05) is 25.2 Å². The van der Waals surface area contributed by atoms with Crippen molar-refractivity contribution in [3.63, 3.8) is 0 Å². The number of hydrogen-bond acceptors (Lipinski definition) is 3. The maximum atomic E-state index is 13.9. The summed E-state index contributed by atoms with van der Waals surface area (Å²) in [5, 5.41) is 6.49. The van der Waals surface area contributed by atoms with Crippen LogP contribution in [0.25, 0.3) is 0 Å². The third-order valence-electron chi connectivity index (χ3n) is 4.01. The van der Waals surface area contributed by atoms with E-state index in [1.807, 2.05) is 62.3 Å². The molecule has 28 heavy (non-hydrogen) atoms. The highest BCUT2D eigenvalue weighted by molar-refractivity contribution is 5.79. The Morgan fingerprint density at radius 3 is 2.57 bits per heavy atom. The zero-order valence-corrected chi connectivity index (χ0v) is 17.0. The summed E-state index contributed by atoms with van der Waals surface area (Å²) in [6, 6.07) is 15.3. The minimum Gasteiger partial charge on any atom is -0.375 e. The zero-order valence-electron chi connectivity index (χ0n) is 17.0. The third kappa shape index (κ3) is 8.06. The second-order valence-electron chi connectivity index (χ2n) is 6.82. The number of ether oxygens (including phenoxy) is 1. The number of halogens is 1. The molecule has 152 valence electrons. The zero-order chi connectivity index (χ0) is 20.2. The van der Waals surface area contributed by atoms with Gasteiger partial charge in [0.05, 0.1) is 19.8 Å². The molecule has 0 saturated heterocycles. The topological polar surface area (TPSA) is 48.9 Å². The van der Waals surface area contributed by atoms with E-state index in [9.17, 15) is 4.39 Å². The van der Waals surface area contributed by atoms with Crippen molar-refractivity contribution in [3.05, 3.63) is 71.0 Å². The molecule has 0 unspecified atom stereocenters. The average molecular weight is 387 g/mol. The van der Waals surface area contributed by atoms with Crippen molar-refractivity contribution in [1.29, 1.82) is 0 Å². The molecule has 0 aromatic heterocycles. The minimum absolute atomic E-state index is 0.179. The van der Waals surface area contributed by atoms with Crippen LogP contribution >= 0.6 is 0 Å². The minimum atomic E-state index is -0.179. The summed E-state index contributed by atoms with van der Waals surface area (Å²) >= 11 is 0. The first-order valence-corrected chi connectivity index (χ1v) is 9.64. The van der Waals surface area contributed by atoms with E-state index in [1.54, 1.807) is 6.07 Å². The highest BCUT2D eigenvalue weighted by Gasteiger charge is 2.05. The molecule has 0 aliphatic heterocycles. The normalized spacial score (nSPS) is 11.7. The molecule has 0 bridgehead atoms. The average Bonchev–Trinajstić information content (AvgIpc) is 2.68. The second-order valence-corrected chi connectivity index (χ2v) is 6.82. The van der Waals surface area contributed by atoms with Gasteiger partial charge in [0.2, 0.25) is 0 Å². The van der Waals surface area contributed by atoms with Gasteiger partial charge in [0.25, 0.3) is 0 Å². The fourth-order valence-electron chi connectivity index (χ4n) is 2.71. The summed E-state index contributed by atoms with van der Waals surface area (Å²) in [5.74, 6) is 0.548. The van der Waals surface area contributed by atoms with Gasteiger partial charge in [0.15, 0.2) is 5.96 Å². The van der Waals surface area contributed by atoms with Gasteiger partial charge in [-0.2, -0.15) is 0 Å². The molecule has 0 heterocycles. The van der Waals surface area contributed by atoms with Gasteiger partial charge in [-0.3, -0.25) is 0 Å². The largest absolute Gasteiger partial charge is 0.375 e. The molecule has 0 aliphatic rings. The van der Waals surface area contributed by atoms with Crippen LogP contribution in [0.5, 0.6) is 0 Å². The van der Waals surface area contributed by atoms with Crippen molar-refractivity contribution >= 4 is 5.96 Å². The molecule has 2 aromatic rings. The van der Waals surface area contributed by atoms with E-state index in [1.165, 1.54) is 6.07 Å². The molecule has 0 amide bonds. The Balaban J connectivity index is 1.82. The van der Waals surface area contributed by atoms with Crippen LogP contribution in [0.15, 0.2) is 53.5 Å². The Bertz CT molecular complexity index is 735. The lowest BCUT2D eigenvalue weighted by molar-refractivity contribution is 0.125. The monoisotopic (exact) mass is 386 g/mol. The molecule has 2 aromatic carbocycles. The number of rotatable bonds is 10. The van der Waals surface area contributed by atoms with Crippen molar-refractivity contribution in [2.75, 3.05) is 33.8 Å². The first kappa shape index (κ1) is 21.9. The van der Waals surface area contributed by atoms with Crippen LogP contribution in [0, 0.1) is 5.82 Å². The van der Waals surface area contributed by atoms with Crippen LogP contribution in [0.4, 0.5) is 4.39 Å². The summed E-state index contributed by atoms with van der Waals surface area (Å²) in [4.78, 5) is 6.54. The van der Waals surface area contributed by atoms with E-state index in [0.29, 0.717) is 38.4 Å². The number of nitrogens with one attached hydrogen (secondary N) is 2. The first-order valence-electron chi connectivity index (χ1n) is 9.64. The molecule has 0 saturated carbocycles. The fourth-order valence-corrected chi connectivity index (χ4v) is 2.71. The second kappa shape index (κ2) is 12.1. The van der Waals surface area contributed by atoms with Crippen molar-refractivity contribution in [1.82, 2.24) is 15.5 Å². The van der Waals surface area contributed by atoms with Crippen LogP contribution in [-0.4, -0.2) is 44.7 Å². The van der Waals surface area contributed by atoms with Gasteiger partial charge >= 0.3 is 0 Å². The maximum absolute atomic E-state index is 13.9. The van der Waals surface area contributed by atoms with Crippen LogP contribution in [0.2, 0.25) is 0 Å². The van der Waals surface area contributed by atoms with Crippen molar-refractivity contribution in [2.24, 2.45) is 4.99 Å². The molecule has 0 spiro atoms. The molecular formula is C22H31FN4O. The molecule has 0 fully saturated rings. The van der Waals surface area contributed by atoms with Gasteiger partial charge in [0.1, 0.15) is 5.82 Å². The summed E-state index contributed by atoms with van der Waals surface area (Å²) in [5.41, 5.74) is 2.83. The predicted octanol–water partition coefficient (Wildman–Crippen LogP) is 3.16.